The number of nitrogens with zero attached hydrogens (tertiary/aromatic N) is 2. The Morgan fingerprint density at radius 2 is 2.09 bits per heavy atom. The second-order valence-corrected chi connectivity index (χ2v) is 3.42. The van der Waals surface area contributed by atoms with Gasteiger partial charge in [-0.2, -0.15) is 10.5 Å². The molecule has 0 heterocycles. The van der Waals surface area contributed by atoms with Crippen molar-refractivity contribution in [1.29, 1.82) is 10.5 Å². The minimum absolute atomic E-state index is 0.190. The van der Waals surface area contributed by atoms with Crippen LogP contribution in [-0.4, -0.2) is 5.25 Å². The van der Waals surface area contributed by atoms with Gasteiger partial charge in [0.15, 0.2) is 0 Å². The van der Waals surface area contributed by atoms with Crippen LogP contribution < -0.4 is 0 Å². The summed E-state index contributed by atoms with van der Waals surface area (Å²) in [6, 6.07) is 3.62. The zero-order chi connectivity index (χ0) is 8.69. The van der Waals surface area contributed by atoms with Crippen LogP contribution in [0.5, 0.6) is 0 Å². The maximum absolute atomic E-state index is 8.36. The summed E-state index contributed by atoms with van der Waals surface area (Å²) in [6.45, 7) is 4.14. The summed E-state index contributed by atoms with van der Waals surface area (Å²) >= 11 is 1.53. The van der Waals surface area contributed by atoms with Crippen molar-refractivity contribution in [3.63, 3.8) is 0 Å². The molecule has 0 radical (unpaired) electrons. The summed E-state index contributed by atoms with van der Waals surface area (Å²) in [5, 5.41) is 18.8. The lowest BCUT2D eigenvalue weighted by molar-refractivity contribution is 0.910. The monoisotopic (exact) mass is 166 g/mol. The first-order valence-corrected chi connectivity index (χ1v) is 4.34. The molecule has 1 atom stereocenters. The molecule has 0 amide bonds. The van der Waals surface area contributed by atoms with E-state index in [1.54, 1.807) is 5.41 Å². The van der Waals surface area contributed by atoms with E-state index in [0.717, 1.165) is 6.42 Å². The van der Waals surface area contributed by atoms with Crippen LogP contribution in [0.15, 0.2) is 11.0 Å². The topological polar surface area (TPSA) is 47.6 Å². The molecule has 58 valence electrons. The summed E-state index contributed by atoms with van der Waals surface area (Å²) in [5.41, 5.74) is 0.190. The third-order valence-corrected chi connectivity index (χ3v) is 2.40. The van der Waals surface area contributed by atoms with Crippen LogP contribution in [0.4, 0.5) is 0 Å². The van der Waals surface area contributed by atoms with Gasteiger partial charge in [0.05, 0.1) is 0 Å². The Morgan fingerprint density at radius 3 is 2.45 bits per heavy atom. The number of nitriles is 2. The van der Waals surface area contributed by atoms with E-state index in [0.29, 0.717) is 5.25 Å². The van der Waals surface area contributed by atoms with E-state index < -0.39 is 0 Å². The summed E-state index contributed by atoms with van der Waals surface area (Å²) in [5.74, 6) is 0. The zero-order valence-corrected chi connectivity index (χ0v) is 7.48. The van der Waals surface area contributed by atoms with Gasteiger partial charge in [0.25, 0.3) is 0 Å². The van der Waals surface area contributed by atoms with Gasteiger partial charge in [-0.15, -0.1) is 11.8 Å². The van der Waals surface area contributed by atoms with Crippen molar-refractivity contribution in [2.75, 3.05) is 0 Å². The highest BCUT2D eigenvalue weighted by atomic mass is 32.2. The summed E-state index contributed by atoms with van der Waals surface area (Å²) in [4.78, 5) is 0. The SMILES string of the molecule is CCC(C)SC=C(C#N)C#N. The van der Waals surface area contributed by atoms with Crippen LogP contribution in [0.3, 0.4) is 0 Å². The van der Waals surface area contributed by atoms with Crippen LogP contribution in [0.1, 0.15) is 20.3 Å². The Morgan fingerprint density at radius 1 is 1.55 bits per heavy atom. The fourth-order valence-corrected chi connectivity index (χ4v) is 1.02. The minimum atomic E-state index is 0.190. The molecule has 0 aliphatic carbocycles. The van der Waals surface area contributed by atoms with Gasteiger partial charge in [-0.05, 0) is 11.8 Å². The predicted octanol–water partition coefficient (Wildman–Crippen LogP) is 2.45. The standard InChI is InChI=1S/C8H10N2S/c1-3-7(2)11-6-8(4-9)5-10/h6-7H,3H2,1-2H3. The molecule has 0 aliphatic heterocycles. The van der Waals surface area contributed by atoms with Crippen molar-refractivity contribution in [3.8, 4) is 12.1 Å². The van der Waals surface area contributed by atoms with E-state index in [4.69, 9.17) is 10.5 Å². The molecular weight excluding hydrogens is 156 g/mol. The van der Waals surface area contributed by atoms with E-state index in [2.05, 4.69) is 13.8 Å². The molecular formula is C8H10N2S. The van der Waals surface area contributed by atoms with Gasteiger partial charge < -0.3 is 0 Å². The van der Waals surface area contributed by atoms with E-state index in [9.17, 15) is 0 Å². The first kappa shape index (κ1) is 10.1. The molecule has 0 N–H and O–H groups in total. The quantitative estimate of drug-likeness (QED) is 0.605. The molecule has 0 aromatic carbocycles. The van der Waals surface area contributed by atoms with Crippen molar-refractivity contribution in [3.05, 3.63) is 11.0 Å². The van der Waals surface area contributed by atoms with Gasteiger partial charge in [-0.3, -0.25) is 0 Å². The highest BCUT2D eigenvalue weighted by molar-refractivity contribution is 8.02. The largest absolute Gasteiger partial charge is 0.192 e. The van der Waals surface area contributed by atoms with E-state index in [-0.39, 0.29) is 5.57 Å². The second-order valence-electron chi connectivity index (χ2n) is 2.11. The molecule has 3 heteroatoms. The third-order valence-electron chi connectivity index (χ3n) is 1.23. The number of hydrogen-bond donors (Lipinski definition) is 0. The molecule has 0 rings (SSSR count). The summed E-state index contributed by atoms with van der Waals surface area (Å²) < 4.78 is 0. The van der Waals surface area contributed by atoms with Crippen molar-refractivity contribution < 1.29 is 0 Å². The molecule has 0 fully saturated rings. The average Bonchev–Trinajstić information content (AvgIpc) is 2.06. The lowest BCUT2D eigenvalue weighted by Crippen LogP contribution is -1.89. The van der Waals surface area contributed by atoms with Crippen molar-refractivity contribution >= 4 is 11.8 Å². The van der Waals surface area contributed by atoms with Crippen LogP contribution >= 0.6 is 11.8 Å². The molecule has 0 aliphatic rings. The van der Waals surface area contributed by atoms with Gasteiger partial charge in [-0.25, -0.2) is 0 Å². The number of rotatable bonds is 3. The minimum Gasteiger partial charge on any atom is -0.192 e. The van der Waals surface area contributed by atoms with Gasteiger partial charge in [0, 0.05) is 5.25 Å². The summed E-state index contributed by atoms with van der Waals surface area (Å²) in [6.07, 6.45) is 1.05. The Hall–Kier alpha value is -0.930. The highest BCUT2D eigenvalue weighted by Crippen LogP contribution is 2.16. The fourth-order valence-electron chi connectivity index (χ4n) is 0.358. The average molecular weight is 166 g/mol. The second kappa shape index (κ2) is 5.82. The number of hydrogen-bond acceptors (Lipinski definition) is 3. The number of allylic oxidation sites excluding steroid dienone is 1. The van der Waals surface area contributed by atoms with Crippen LogP contribution in [0, 0.1) is 22.7 Å². The predicted molar refractivity (Wildman–Crippen MR) is 46.7 cm³/mol. The molecule has 1 unspecified atom stereocenters. The first-order chi connectivity index (χ1) is 5.24. The van der Waals surface area contributed by atoms with Gasteiger partial charge in [0.2, 0.25) is 0 Å². The summed E-state index contributed by atoms with van der Waals surface area (Å²) in [7, 11) is 0. The molecule has 2 nitrogen and oxygen atoms in total. The molecule has 0 bridgehead atoms. The lowest BCUT2D eigenvalue weighted by Gasteiger charge is -2.01. The van der Waals surface area contributed by atoms with Gasteiger partial charge in [0.1, 0.15) is 17.7 Å². The molecule has 0 saturated heterocycles. The van der Waals surface area contributed by atoms with Crippen molar-refractivity contribution in [2.24, 2.45) is 0 Å². The molecule has 0 aromatic heterocycles. The zero-order valence-electron chi connectivity index (χ0n) is 6.66. The van der Waals surface area contributed by atoms with Gasteiger partial charge >= 0.3 is 0 Å². The maximum atomic E-state index is 8.36. The first-order valence-electron chi connectivity index (χ1n) is 3.40. The lowest BCUT2D eigenvalue weighted by atomic mass is 10.4. The van der Waals surface area contributed by atoms with Gasteiger partial charge in [-0.1, -0.05) is 13.8 Å². The fraction of sp³-hybridized carbons (Fsp3) is 0.500. The van der Waals surface area contributed by atoms with Crippen LogP contribution in [0.2, 0.25) is 0 Å². The van der Waals surface area contributed by atoms with E-state index >= 15 is 0 Å². The smallest absolute Gasteiger partial charge is 0.135 e. The van der Waals surface area contributed by atoms with Crippen molar-refractivity contribution in [1.82, 2.24) is 0 Å². The highest BCUT2D eigenvalue weighted by Gasteiger charge is 1.97. The van der Waals surface area contributed by atoms with Crippen LogP contribution in [0.25, 0.3) is 0 Å². The normalized spacial score (nSPS) is 10.9. The Kier molecular flexibility index (Phi) is 5.33. The number of thioether (sulfide) groups is 1. The maximum Gasteiger partial charge on any atom is 0.135 e. The molecule has 0 saturated carbocycles. The Bertz CT molecular complexity index is 203. The van der Waals surface area contributed by atoms with Crippen molar-refractivity contribution in [2.45, 2.75) is 25.5 Å². The van der Waals surface area contributed by atoms with Crippen LogP contribution in [-0.2, 0) is 0 Å². The third kappa shape index (κ3) is 4.47. The Labute approximate surface area is 71.5 Å². The van der Waals surface area contributed by atoms with E-state index in [1.165, 1.54) is 11.8 Å². The molecule has 0 spiro atoms. The molecule has 11 heavy (non-hydrogen) atoms. The molecule has 0 aromatic rings. The Balaban J connectivity index is 3.94. The van der Waals surface area contributed by atoms with E-state index in [1.807, 2.05) is 12.1 Å².